The molecule has 1 aromatic heterocycles. The number of ether oxygens (including phenoxy) is 1. The molecule has 0 fully saturated rings. The average Bonchev–Trinajstić information content (AvgIpc) is 2.39. The minimum atomic E-state index is 0.430. The molecule has 1 aromatic carbocycles. The number of aryl methyl sites for hydroxylation is 1. The van der Waals surface area contributed by atoms with Crippen LogP contribution in [0.15, 0.2) is 30.6 Å². The highest BCUT2D eigenvalue weighted by Crippen LogP contribution is 2.34. The Kier molecular flexibility index (Phi) is 2.40. The number of nitrogens with two attached hydrogens (primary N) is 1. The number of rotatable bonds is 1. The first-order chi connectivity index (χ1) is 8.34. The Morgan fingerprint density at radius 3 is 2.94 bits per heavy atom. The molecule has 0 unspecified atom stereocenters. The minimum Gasteiger partial charge on any atom is -0.493 e. The van der Waals surface area contributed by atoms with Gasteiger partial charge in [0.05, 0.1) is 24.7 Å². The van der Waals surface area contributed by atoms with Crippen molar-refractivity contribution in [3.63, 3.8) is 0 Å². The van der Waals surface area contributed by atoms with Crippen LogP contribution in [0.3, 0.4) is 0 Å². The van der Waals surface area contributed by atoms with Crippen LogP contribution in [-0.4, -0.2) is 16.6 Å². The molecule has 0 atom stereocenters. The number of benzene rings is 1. The summed E-state index contributed by atoms with van der Waals surface area (Å²) in [6, 6.07) is 6.13. The van der Waals surface area contributed by atoms with Gasteiger partial charge in [0.2, 0.25) is 0 Å². The summed E-state index contributed by atoms with van der Waals surface area (Å²) >= 11 is 0. The highest BCUT2D eigenvalue weighted by Gasteiger charge is 2.16. The fraction of sp³-hybridized carbons (Fsp3) is 0.231. The smallest absolute Gasteiger partial charge is 0.141 e. The molecule has 0 amide bonds. The molecule has 1 aliphatic rings. The van der Waals surface area contributed by atoms with Crippen molar-refractivity contribution < 1.29 is 4.74 Å². The van der Waals surface area contributed by atoms with Crippen molar-refractivity contribution in [3.8, 4) is 17.0 Å². The van der Waals surface area contributed by atoms with Crippen LogP contribution >= 0.6 is 0 Å². The van der Waals surface area contributed by atoms with Gasteiger partial charge in [0.25, 0.3) is 0 Å². The van der Waals surface area contributed by atoms with Gasteiger partial charge in [0.15, 0.2) is 0 Å². The zero-order valence-electron chi connectivity index (χ0n) is 9.39. The van der Waals surface area contributed by atoms with Gasteiger partial charge in [0.1, 0.15) is 11.6 Å². The van der Waals surface area contributed by atoms with Crippen LogP contribution in [0, 0.1) is 0 Å². The number of anilines is 1. The zero-order chi connectivity index (χ0) is 11.7. The number of nitrogens with zero attached hydrogens (tertiary/aromatic N) is 2. The number of nitrogen functional groups attached to an aromatic ring is 1. The van der Waals surface area contributed by atoms with Gasteiger partial charge in [-0.05, 0) is 24.5 Å². The van der Waals surface area contributed by atoms with Crippen molar-refractivity contribution in [2.75, 3.05) is 12.3 Å². The second kappa shape index (κ2) is 4.05. The van der Waals surface area contributed by atoms with E-state index in [9.17, 15) is 0 Å². The molecule has 0 spiro atoms. The van der Waals surface area contributed by atoms with Crippen molar-refractivity contribution in [3.05, 3.63) is 36.2 Å². The summed E-state index contributed by atoms with van der Waals surface area (Å²) in [5.41, 5.74) is 8.58. The SMILES string of the molecule is Nc1cnc(-c2cccc3c2OCCC3)cn1. The molecule has 4 heteroatoms. The van der Waals surface area contributed by atoms with Crippen LogP contribution in [0.25, 0.3) is 11.3 Å². The van der Waals surface area contributed by atoms with Gasteiger partial charge in [0, 0.05) is 5.56 Å². The van der Waals surface area contributed by atoms with Gasteiger partial charge in [-0.15, -0.1) is 0 Å². The predicted molar refractivity (Wildman–Crippen MR) is 65.7 cm³/mol. The van der Waals surface area contributed by atoms with Crippen molar-refractivity contribution in [1.29, 1.82) is 0 Å². The highest BCUT2D eigenvalue weighted by molar-refractivity contribution is 5.69. The monoisotopic (exact) mass is 227 g/mol. The average molecular weight is 227 g/mol. The number of hydrogen-bond donors (Lipinski definition) is 1. The van der Waals surface area contributed by atoms with Crippen molar-refractivity contribution in [1.82, 2.24) is 9.97 Å². The Hall–Kier alpha value is -2.10. The molecular weight excluding hydrogens is 214 g/mol. The molecule has 2 heterocycles. The van der Waals surface area contributed by atoms with Gasteiger partial charge in [-0.3, -0.25) is 4.98 Å². The molecule has 0 radical (unpaired) electrons. The Morgan fingerprint density at radius 1 is 1.18 bits per heavy atom. The first kappa shape index (κ1) is 10.1. The summed E-state index contributed by atoms with van der Waals surface area (Å²) in [6.45, 7) is 0.770. The Balaban J connectivity index is 2.11. The van der Waals surface area contributed by atoms with Crippen molar-refractivity contribution in [2.45, 2.75) is 12.8 Å². The third kappa shape index (κ3) is 1.82. The second-order valence-electron chi connectivity index (χ2n) is 4.07. The predicted octanol–water partition coefficient (Wildman–Crippen LogP) is 2.05. The molecule has 4 nitrogen and oxygen atoms in total. The fourth-order valence-corrected chi connectivity index (χ4v) is 2.07. The van der Waals surface area contributed by atoms with Gasteiger partial charge in [-0.25, -0.2) is 4.98 Å². The Bertz CT molecular complexity index is 537. The highest BCUT2D eigenvalue weighted by atomic mass is 16.5. The topological polar surface area (TPSA) is 61.0 Å². The van der Waals surface area contributed by atoms with Gasteiger partial charge in [-0.1, -0.05) is 12.1 Å². The van der Waals surface area contributed by atoms with E-state index in [1.165, 1.54) is 5.56 Å². The fourth-order valence-electron chi connectivity index (χ4n) is 2.07. The summed E-state index contributed by atoms with van der Waals surface area (Å²) in [5, 5.41) is 0. The quantitative estimate of drug-likeness (QED) is 0.810. The standard InChI is InChI=1S/C13H13N3O/c14-12-8-15-11(7-16-12)10-5-1-3-9-4-2-6-17-13(9)10/h1,3,5,7-8H,2,4,6H2,(H2,14,16). The lowest BCUT2D eigenvalue weighted by atomic mass is 10.0. The number of para-hydroxylation sites is 1. The van der Waals surface area contributed by atoms with E-state index in [0.29, 0.717) is 5.82 Å². The lowest BCUT2D eigenvalue weighted by Crippen LogP contribution is -2.09. The largest absolute Gasteiger partial charge is 0.493 e. The van der Waals surface area contributed by atoms with Crippen LogP contribution in [0.2, 0.25) is 0 Å². The Morgan fingerprint density at radius 2 is 2.12 bits per heavy atom. The van der Waals surface area contributed by atoms with E-state index >= 15 is 0 Å². The lowest BCUT2D eigenvalue weighted by Gasteiger charge is -2.19. The molecule has 0 saturated heterocycles. The minimum absolute atomic E-state index is 0.430. The third-order valence-corrected chi connectivity index (χ3v) is 2.88. The molecule has 1 aliphatic heterocycles. The third-order valence-electron chi connectivity index (χ3n) is 2.88. The summed E-state index contributed by atoms with van der Waals surface area (Å²) in [4.78, 5) is 8.35. The zero-order valence-corrected chi connectivity index (χ0v) is 9.39. The van der Waals surface area contributed by atoms with Gasteiger partial charge >= 0.3 is 0 Å². The maximum Gasteiger partial charge on any atom is 0.141 e. The summed E-state index contributed by atoms with van der Waals surface area (Å²) in [7, 11) is 0. The maximum absolute atomic E-state index is 5.74. The maximum atomic E-state index is 5.74. The molecule has 2 aromatic rings. The molecule has 17 heavy (non-hydrogen) atoms. The van der Waals surface area contributed by atoms with Gasteiger partial charge in [-0.2, -0.15) is 0 Å². The summed E-state index contributed by atoms with van der Waals surface area (Å²) in [6.07, 6.45) is 5.38. The molecule has 0 saturated carbocycles. The molecule has 0 aliphatic carbocycles. The summed E-state index contributed by atoms with van der Waals surface area (Å²) < 4.78 is 5.74. The molecule has 86 valence electrons. The van der Waals surface area contributed by atoms with Crippen molar-refractivity contribution >= 4 is 5.82 Å². The molecule has 2 N–H and O–H groups in total. The molecular formula is C13H13N3O. The van der Waals surface area contributed by atoms with Crippen LogP contribution in [-0.2, 0) is 6.42 Å². The summed E-state index contributed by atoms with van der Waals surface area (Å²) in [5.74, 6) is 1.37. The number of fused-ring (bicyclic) bond motifs is 1. The van der Waals surface area contributed by atoms with E-state index in [-0.39, 0.29) is 0 Å². The second-order valence-corrected chi connectivity index (χ2v) is 4.07. The van der Waals surface area contributed by atoms with Crippen molar-refractivity contribution in [2.24, 2.45) is 0 Å². The van der Waals surface area contributed by atoms with Crippen LogP contribution < -0.4 is 10.5 Å². The van der Waals surface area contributed by atoms with E-state index in [1.54, 1.807) is 12.4 Å². The van der Waals surface area contributed by atoms with E-state index in [0.717, 1.165) is 36.5 Å². The van der Waals surface area contributed by atoms with Crippen LogP contribution in [0.4, 0.5) is 5.82 Å². The number of hydrogen-bond acceptors (Lipinski definition) is 4. The van der Waals surface area contributed by atoms with Crippen LogP contribution in [0.1, 0.15) is 12.0 Å². The van der Waals surface area contributed by atoms with E-state index in [4.69, 9.17) is 10.5 Å². The van der Waals surface area contributed by atoms with Gasteiger partial charge < -0.3 is 10.5 Å². The van der Waals surface area contributed by atoms with E-state index in [2.05, 4.69) is 16.0 Å². The normalized spacial score (nSPS) is 13.9. The van der Waals surface area contributed by atoms with E-state index < -0.39 is 0 Å². The molecule has 0 bridgehead atoms. The molecule has 3 rings (SSSR count). The Labute approximate surface area is 99.5 Å². The first-order valence-corrected chi connectivity index (χ1v) is 5.67. The first-order valence-electron chi connectivity index (χ1n) is 5.67. The van der Waals surface area contributed by atoms with Crippen LogP contribution in [0.5, 0.6) is 5.75 Å². The number of aromatic nitrogens is 2. The van der Waals surface area contributed by atoms with E-state index in [1.807, 2.05) is 12.1 Å². The lowest BCUT2D eigenvalue weighted by molar-refractivity contribution is 0.289.